The lowest BCUT2D eigenvalue weighted by Gasteiger charge is -2.21. The maximum Gasteiger partial charge on any atom is 0.247 e. The number of carbonyl (C=O) groups is 1. The highest BCUT2D eigenvalue weighted by molar-refractivity contribution is 6.32. The number of nitrogens with zero attached hydrogens (tertiary/aromatic N) is 1. The van der Waals surface area contributed by atoms with E-state index in [2.05, 4.69) is 10.3 Å². The van der Waals surface area contributed by atoms with Crippen molar-refractivity contribution in [2.45, 2.75) is 18.9 Å². The topological polar surface area (TPSA) is 77.2 Å². The maximum absolute atomic E-state index is 12.0. The Morgan fingerprint density at radius 2 is 2.47 bits per heavy atom. The van der Waals surface area contributed by atoms with Crippen LogP contribution in [0.1, 0.15) is 12.0 Å². The van der Waals surface area contributed by atoms with E-state index in [9.17, 15) is 4.79 Å². The third-order valence-corrected chi connectivity index (χ3v) is 3.14. The number of aromatic nitrogens is 1. The molecule has 1 amide bonds. The third kappa shape index (κ3) is 2.41. The molecule has 5 nitrogen and oxygen atoms in total. The number of carbonyl (C=O) groups excluding carboxylic acids is 1. The zero-order valence-corrected chi connectivity index (χ0v) is 10.3. The molecule has 1 atom stereocenters. The van der Waals surface area contributed by atoms with Gasteiger partial charge < -0.3 is 15.8 Å². The highest BCUT2D eigenvalue weighted by Gasteiger charge is 2.38. The molecule has 1 aliphatic rings. The zero-order chi connectivity index (χ0) is 12.5. The minimum Gasteiger partial charge on any atom is -0.379 e. The SMILES string of the molecule is Cc1ccnc(Cl)c1NC(=O)C1(N)CCOC1. The summed E-state index contributed by atoms with van der Waals surface area (Å²) in [6, 6.07) is 1.77. The molecule has 17 heavy (non-hydrogen) atoms. The number of ether oxygens (including phenoxy) is 1. The molecule has 0 aliphatic carbocycles. The second-order valence-electron chi connectivity index (χ2n) is 4.21. The van der Waals surface area contributed by atoms with Gasteiger partial charge in [0, 0.05) is 12.8 Å². The molecule has 0 spiro atoms. The van der Waals surface area contributed by atoms with Crippen LogP contribution in [0.2, 0.25) is 5.15 Å². The summed E-state index contributed by atoms with van der Waals surface area (Å²) in [5.74, 6) is -0.284. The molecule has 2 heterocycles. The van der Waals surface area contributed by atoms with Gasteiger partial charge in [-0.05, 0) is 25.0 Å². The number of nitrogens with one attached hydrogen (secondary N) is 1. The van der Waals surface area contributed by atoms with Crippen LogP contribution in [-0.4, -0.2) is 29.6 Å². The molecule has 1 unspecified atom stereocenters. The van der Waals surface area contributed by atoms with Gasteiger partial charge in [-0.2, -0.15) is 0 Å². The summed E-state index contributed by atoms with van der Waals surface area (Å²) >= 11 is 5.93. The first kappa shape index (κ1) is 12.3. The Labute approximate surface area is 104 Å². The maximum atomic E-state index is 12.0. The molecule has 0 radical (unpaired) electrons. The molecular weight excluding hydrogens is 242 g/mol. The molecule has 1 aliphatic heterocycles. The van der Waals surface area contributed by atoms with Crippen molar-refractivity contribution in [2.24, 2.45) is 5.73 Å². The van der Waals surface area contributed by atoms with Crippen molar-refractivity contribution in [2.75, 3.05) is 18.5 Å². The van der Waals surface area contributed by atoms with Crippen molar-refractivity contribution in [3.05, 3.63) is 23.0 Å². The van der Waals surface area contributed by atoms with Crippen LogP contribution in [0.3, 0.4) is 0 Å². The van der Waals surface area contributed by atoms with Crippen molar-refractivity contribution >= 4 is 23.2 Å². The predicted octanol–water partition coefficient (Wildman–Crippen LogP) is 1.10. The Bertz CT molecular complexity index is 424. The Hall–Kier alpha value is -1.17. The van der Waals surface area contributed by atoms with Crippen LogP contribution in [0.5, 0.6) is 0 Å². The van der Waals surface area contributed by atoms with Gasteiger partial charge in [0.25, 0.3) is 0 Å². The summed E-state index contributed by atoms with van der Waals surface area (Å²) < 4.78 is 5.14. The molecule has 1 aromatic rings. The van der Waals surface area contributed by atoms with Gasteiger partial charge >= 0.3 is 0 Å². The summed E-state index contributed by atoms with van der Waals surface area (Å²) in [7, 11) is 0. The minimum atomic E-state index is -0.967. The summed E-state index contributed by atoms with van der Waals surface area (Å²) in [6.07, 6.45) is 2.10. The van der Waals surface area contributed by atoms with E-state index in [0.717, 1.165) is 5.56 Å². The lowest BCUT2D eigenvalue weighted by atomic mass is 9.99. The average molecular weight is 256 g/mol. The zero-order valence-electron chi connectivity index (χ0n) is 9.50. The first-order valence-electron chi connectivity index (χ1n) is 5.32. The van der Waals surface area contributed by atoms with Crippen molar-refractivity contribution in [1.29, 1.82) is 0 Å². The fourth-order valence-corrected chi connectivity index (χ4v) is 1.93. The van der Waals surface area contributed by atoms with Crippen LogP contribution in [0.25, 0.3) is 0 Å². The number of amides is 1. The van der Waals surface area contributed by atoms with Gasteiger partial charge in [-0.15, -0.1) is 0 Å². The van der Waals surface area contributed by atoms with E-state index >= 15 is 0 Å². The predicted molar refractivity (Wildman–Crippen MR) is 65.0 cm³/mol. The van der Waals surface area contributed by atoms with Crippen LogP contribution in [0, 0.1) is 6.92 Å². The van der Waals surface area contributed by atoms with E-state index in [1.807, 2.05) is 6.92 Å². The van der Waals surface area contributed by atoms with Crippen LogP contribution in [0.15, 0.2) is 12.3 Å². The summed E-state index contributed by atoms with van der Waals surface area (Å²) in [6.45, 7) is 2.58. The number of rotatable bonds is 2. The first-order chi connectivity index (χ1) is 8.03. The third-order valence-electron chi connectivity index (χ3n) is 2.86. The second-order valence-corrected chi connectivity index (χ2v) is 4.56. The van der Waals surface area contributed by atoms with Gasteiger partial charge in [-0.1, -0.05) is 11.6 Å². The highest BCUT2D eigenvalue weighted by Crippen LogP contribution is 2.25. The van der Waals surface area contributed by atoms with E-state index in [1.54, 1.807) is 12.3 Å². The normalized spacial score (nSPS) is 23.7. The van der Waals surface area contributed by atoms with Crippen LogP contribution < -0.4 is 11.1 Å². The van der Waals surface area contributed by atoms with Gasteiger partial charge in [0.2, 0.25) is 5.91 Å². The smallest absolute Gasteiger partial charge is 0.247 e. The number of anilines is 1. The van der Waals surface area contributed by atoms with Gasteiger partial charge in [0.1, 0.15) is 5.54 Å². The second kappa shape index (κ2) is 4.60. The molecular formula is C11H14ClN3O2. The molecule has 0 bridgehead atoms. The highest BCUT2D eigenvalue weighted by atomic mass is 35.5. The molecule has 3 N–H and O–H groups in total. The van der Waals surface area contributed by atoms with Crippen molar-refractivity contribution in [1.82, 2.24) is 4.98 Å². The Morgan fingerprint density at radius 3 is 3.06 bits per heavy atom. The molecule has 1 fully saturated rings. The number of nitrogens with two attached hydrogens (primary N) is 1. The standard InChI is InChI=1S/C11H14ClN3O2/c1-7-2-4-14-9(12)8(7)15-10(16)11(13)3-5-17-6-11/h2,4H,3,5-6,13H2,1H3,(H,15,16). The van der Waals surface area contributed by atoms with E-state index in [0.29, 0.717) is 18.7 Å². The van der Waals surface area contributed by atoms with E-state index in [-0.39, 0.29) is 17.7 Å². The first-order valence-corrected chi connectivity index (χ1v) is 5.70. The average Bonchev–Trinajstić information content (AvgIpc) is 2.72. The molecule has 92 valence electrons. The van der Waals surface area contributed by atoms with Crippen LogP contribution >= 0.6 is 11.6 Å². The van der Waals surface area contributed by atoms with E-state index in [1.165, 1.54) is 0 Å². The lowest BCUT2D eigenvalue weighted by molar-refractivity contribution is -0.121. The molecule has 6 heteroatoms. The van der Waals surface area contributed by atoms with Gasteiger partial charge in [-0.3, -0.25) is 4.79 Å². The summed E-state index contributed by atoms with van der Waals surface area (Å²) in [5, 5.41) is 2.99. The number of aryl methyl sites for hydroxylation is 1. The summed E-state index contributed by atoms with van der Waals surface area (Å²) in [4.78, 5) is 16.0. The largest absolute Gasteiger partial charge is 0.379 e. The molecule has 1 aromatic heterocycles. The lowest BCUT2D eigenvalue weighted by Crippen LogP contribution is -2.51. The molecule has 0 aromatic carbocycles. The van der Waals surface area contributed by atoms with Crippen molar-refractivity contribution < 1.29 is 9.53 Å². The molecule has 1 saturated heterocycles. The van der Waals surface area contributed by atoms with Crippen LogP contribution in [-0.2, 0) is 9.53 Å². The number of halogens is 1. The monoisotopic (exact) mass is 255 g/mol. The van der Waals surface area contributed by atoms with Gasteiger partial charge in [0.15, 0.2) is 5.15 Å². The number of hydrogen-bond acceptors (Lipinski definition) is 4. The van der Waals surface area contributed by atoms with Crippen molar-refractivity contribution in [3.63, 3.8) is 0 Å². The molecule has 2 rings (SSSR count). The van der Waals surface area contributed by atoms with Gasteiger partial charge in [0.05, 0.1) is 12.3 Å². The summed E-state index contributed by atoms with van der Waals surface area (Å²) in [5.41, 5.74) is 6.34. The number of pyridine rings is 1. The number of hydrogen-bond donors (Lipinski definition) is 2. The Balaban J connectivity index is 2.18. The fraction of sp³-hybridized carbons (Fsp3) is 0.455. The minimum absolute atomic E-state index is 0.232. The van der Waals surface area contributed by atoms with Crippen LogP contribution in [0.4, 0.5) is 5.69 Å². The Morgan fingerprint density at radius 1 is 1.71 bits per heavy atom. The Kier molecular flexibility index (Phi) is 3.33. The van der Waals surface area contributed by atoms with Gasteiger partial charge in [-0.25, -0.2) is 4.98 Å². The fourth-order valence-electron chi connectivity index (χ4n) is 1.67. The molecule has 0 saturated carbocycles. The van der Waals surface area contributed by atoms with Crippen molar-refractivity contribution in [3.8, 4) is 0 Å². The van der Waals surface area contributed by atoms with E-state index < -0.39 is 5.54 Å². The quantitative estimate of drug-likeness (QED) is 0.776. The van der Waals surface area contributed by atoms with E-state index in [4.69, 9.17) is 22.1 Å².